The Balaban J connectivity index is 1.61. The van der Waals surface area contributed by atoms with Crippen molar-refractivity contribution < 1.29 is 13.6 Å². The van der Waals surface area contributed by atoms with Gasteiger partial charge in [0.15, 0.2) is 0 Å². The van der Waals surface area contributed by atoms with Gasteiger partial charge in [0.1, 0.15) is 11.6 Å². The Hall–Kier alpha value is -2.69. The average molecular weight is 328 g/mol. The zero-order valence-corrected chi connectivity index (χ0v) is 13.3. The Morgan fingerprint density at radius 2 is 2.00 bits per heavy atom. The molecule has 0 bridgehead atoms. The molecule has 0 unspecified atom stereocenters. The van der Waals surface area contributed by atoms with E-state index in [0.29, 0.717) is 12.8 Å². The number of hydrogen-bond donors (Lipinski definition) is 2. The standard InChI is InChI=1S/C19H18F2N2O/c1-12(15-8-7-14(20)10-17(15)21)23-19(24)9-6-13-11-22-18-5-3-2-4-16(13)18/h2-5,7-8,10-12,22H,6,9H2,1H3,(H,23,24)/t12-/m1/s1. The number of rotatable bonds is 5. The van der Waals surface area contributed by atoms with E-state index < -0.39 is 17.7 Å². The van der Waals surface area contributed by atoms with Crippen LogP contribution in [0.3, 0.4) is 0 Å². The predicted octanol–water partition coefficient (Wildman–Crippen LogP) is 4.26. The lowest BCUT2D eigenvalue weighted by Gasteiger charge is -2.15. The topological polar surface area (TPSA) is 44.9 Å². The number of benzene rings is 2. The summed E-state index contributed by atoms with van der Waals surface area (Å²) in [6.07, 6.45) is 2.80. The number of nitrogens with one attached hydrogen (secondary N) is 2. The Labute approximate surface area is 138 Å². The van der Waals surface area contributed by atoms with Gasteiger partial charge in [0.2, 0.25) is 5.91 Å². The summed E-state index contributed by atoms with van der Waals surface area (Å²) in [4.78, 5) is 15.3. The number of para-hydroxylation sites is 1. The van der Waals surface area contributed by atoms with Gasteiger partial charge in [-0.05, 0) is 31.0 Å². The SMILES string of the molecule is C[C@@H](NC(=O)CCc1c[nH]c2ccccc12)c1ccc(F)cc1F. The molecule has 3 nitrogen and oxygen atoms in total. The monoisotopic (exact) mass is 328 g/mol. The molecule has 1 heterocycles. The normalized spacial score (nSPS) is 12.3. The maximum atomic E-state index is 13.7. The number of hydrogen-bond acceptors (Lipinski definition) is 1. The highest BCUT2D eigenvalue weighted by Gasteiger charge is 2.14. The number of fused-ring (bicyclic) bond motifs is 1. The first-order valence-corrected chi connectivity index (χ1v) is 7.84. The summed E-state index contributed by atoms with van der Waals surface area (Å²) in [5.74, 6) is -1.45. The fraction of sp³-hybridized carbons (Fsp3) is 0.211. The van der Waals surface area contributed by atoms with Crippen molar-refractivity contribution in [3.05, 3.63) is 71.4 Å². The largest absolute Gasteiger partial charge is 0.361 e. The number of carbonyl (C=O) groups excluding carboxylic acids is 1. The Bertz CT molecular complexity index is 873. The Morgan fingerprint density at radius 3 is 2.79 bits per heavy atom. The molecule has 124 valence electrons. The van der Waals surface area contributed by atoms with Gasteiger partial charge in [-0.25, -0.2) is 8.78 Å². The number of carbonyl (C=O) groups is 1. The molecular weight excluding hydrogens is 310 g/mol. The lowest BCUT2D eigenvalue weighted by molar-refractivity contribution is -0.121. The molecular formula is C19H18F2N2O. The Morgan fingerprint density at radius 1 is 1.21 bits per heavy atom. The molecule has 1 atom stereocenters. The van der Waals surface area contributed by atoms with Gasteiger partial charge in [-0.2, -0.15) is 0 Å². The summed E-state index contributed by atoms with van der Waals surface area (Å²) in [5, 5.41) is 3.86. The molecule has 0 radical (unpaired) electrons. The molecule has 1 amide bonds. The van der Waals surface area contributed by atoms with E-state index in [1.165, 1.54) is 12.1 Å². The summed E-state index contributed by atoms with van der Waals surface area (Å²) in [5.41, 5.74) is 2.38. The zero-order valence-electron chi connectivity index (χ0n) is 13.3. The van der Waals surface area contributed by atoms with E-state index in [4.69, 9.17) is 0 Å². The van der Waals surface area contributed by atoms with Crippen LogP contribution in [0.25, 0.3) is 10.9 Å². The summed E-state index contributed by atoms with van der Waals surface area (Å²) in [6.45, 7) is 1.68. The number of amides is 1. The number of aromatic amines is 1. The number of H-pyrrole nitrogens is 1. The van der Waals surface area contributed by atoms with Crippen LogP contribution in [0.2, 0.25) is 0 Å². The van der Waals surface area contributed by atoms with E-state index in [9.17, 15) is 13.6 Å². The third kappa shape index (κ3) is 3.45. The van der Waals surface area contributed by atoms with Crippen LogP contribution >= 0.6 is 0 Å². The summed E-state index contributed by atoms with van der Waals surface area (Å²) in [6, 6.07) is 10.8. The molecule has 0 spiro atoms. The molecule has 0 fully saturated rings. The number of aromatic nitrogens is 1. The van der Waals surface area contributed by atoms with E-state index in [2.05, 4.69) is 10.3 Å². The highest BCUT2D eigenvalue weighted by Crippen LogP contribution is 2.20. The second-order valence-electron chi connectivity index (χ2n) is 5.81. The van der Waals surface area contributed by atoms with E-state index in [0.717, 1.165) is 22.5 Å². The van der Waals surface area contributed by atoms with Gasteiger partial charge >= 0.3 is 0 Å². The third-order valence-corrected chi connectivity index (χ3v) is 4.10. The molecule has 5 heteroatoms. The minimum Gasteiger partial charge on any atom is -0.361 e. The maximum absolute atomic E-state index is 13.7. The Kier molecular flexibility index (Phi) is 4.60. The highest BCUT2D eigenvalue weighted by molar-refractivity contribution is 5.84. The van der Waals surface area contributed by atoms with Crippen LogP contribution in [-0.4, -0.2) is 10.9 Å². The highest BCUT2D eigenvalue weighted by atomic mass is 19.1. The van der Waals surface area contributed by atoms with Crippen LogP contribution in [0.15, 0.2) is 48.7 Å². The van der Waals surface area contributed by atoms with Crippen LogP contribution < -0.4 is 5.32 Å². The minimum atomic E-state index is -0.653. The fourth-order valence-corrected chi connectivity index (χ4v) is 2.83. The fourth-order valence-electron chi connectivity index (χ4n) is 2.83. The average Bonchev–Trinajstić information content (AvgIpc) is 2.96. The molecule has 0 aliphatic carbocycles. The zero-order chi connectivity index (χ0) is 17.1. The first-order valence-electron chi connectivity index (χ1n) is 7.84. The number of halogens is 2. The van der Waals surface area contributed by atoms with Gasteiger partial charge in [-0.1, -0.05) is 24.3 Å². The van der Waals surface area contributed by atoms with Crippen LogP contribution in [0.5, 0.6) is 0 Å². The van der Waals surface area contributed by atoms with Crippen LogP contribution in [0, 0.1) is 11.6 Å². The van der Waals surface area contributed by atoms with Crippen molar-refractivity contribution in [1.29, 1.82) is 0 Å². The lowest BCUT2D eigenvalue weighted by atomic mass is 10.1. The number of aryl methyl sites for hydroxylation is 1. The van der Waals surface area contributed by atoms with Crippen molar-refractivity contribution >= 4 is 16.8 Å². The molecule has 2 N–H and O–H groups in total. The lowest BCUT2D eigenvalue weighted by Crippen LogP contribution is -2.27. The molecule has 24 heavy (non-hydrogen) atoms. The van der Waals surface area contributed by atoms with E-state index in [1.807, 2.05) is 30.5 Å². The second kappa shape index (κ2) is 6.83. The molecule has 0 aliphatic rings. The van der Waals surface area contributed by atoms with Crippen molar-refractivity contribution in [2.75, 3.05) is 0 Å². The van der Waals surface area contributed by atoms with Gasteiger partial charge < -0.3 is 10.3 Å². The predicted molar refractivity (Wildman–Crippen MR) is 89.5 cm³/mol. The smallest absolute Gasteiger partial charge is 0.220 e. The first kappa shape index (κ1) is 16.2. The van der Waals surface area contributed by atoms with Crippen LogP contribution in [-0.2, 0) is 11.2 Å². The van der Waals surface area contributed by atoms with Gasteiger partial charge in [-0.3, -0.25) is 4.79 Å². The first-order chi connectivity index (χ1) is 11.5. The van der Waals surface area contributed by atoms with Gasteiger partial charge in [-0.15, -0.1) is 0 Å². The van der Waals surface area contributed by atoms with Crippen molar-refractivity contribution in [2.45, 2.75) is 25.8 Å². The maximum Gasteiger partial charge on any atom is 0.220 e. The van der Waals surface area contributed by atoms with Crippen molar-refractivity contribution in [1.82, 2.24) is 10.3 Å². The third-order valence-electron chi connectivity index (χ3n) is 4.10. The summed E-state index contributed by atoms with van der Waals surface area (Å²) < 4.78 is 26.7. The van der Waals surface area contributed by atoms with Crippen molar-refractivity contribution in [3.63, 3.8) is 0 Å². The molecule has 3 aromatic rings. The van der Waals surface area contributed by atoms with E-state index >= 15 is 0 Å². The molecule has 0 aliphatic heterocycles. The summed E-state index contributed by atoms with van der Waals surface area (Å²) in [7, 11) is 0. The van der Waals surface area contributed by atoms with Crippen LogP contribution in [0.1, 0.15) is 30.5 Å². The molecule has 0 saturated carbocycles. The molecule has 0 saturated heterocycles. The van der Waals surface area contributed by atoms with Crippen molar-refractivity contribution in [3.8, 4) is 0 Å². The molecule has 1 aromatic heterocycles. The quantitative estimate of drug-likeness (QED) is 0.722. The van der Waals surface area contributed by atoms with Crippen LogP contribution in [0.4, 0.5) is 8.78 Å². The van der Waals surface area contributed by atoms with Gasteiger partial charge in [0.25, 0.3) is 0 Å². The molecule has 3 rings (SSSR count). The second-order valence-corrected chi connectivity index (χ2v) is 5.81. The summed E-state index contributed by atoms with van der Waals surface area (Å²) >= 11 is 0. The minimum absolute atomic E-state index is 0.170. The van der Waals surface area contributed by atoms with Crippen molar-refractivity contribution in [2.24, 2.45) is 0 Å². The molecule has 2 aromatic carbocycles. The van der Waals surface area contributed by atoms with Gasteiger partial charge in [0.05, 0.1) is 6.04 Å². The van der Waals surface area contributed by atoms with E-state index in [1.54, 1.807) is 6.92 Å². The van der Waals surface area contributed by atoms with Gasteiger partial charge in [0, 0.05) is 35.2 Å². The van der Waals surface area contributed by atoms with E-state index in [-0.39, 0.29) is 11.5 Å².